The van der Waals surface area contributed by atoms with Crippen molar-refractivity contribution in [3.8, 4) is 0 Å². The molecule has 9 heteroatoms. The predicted molar refractivity (Wildman–Crippen MR) is 352 cm³/mol. The van der Waals surface area contributed by atoms with Gasteiger partial charge in [-0.25, -0.2) is 0 Å². The summed E-state index contributed by atoms with van der Waals surface area (Å²) >= 11 is 0. The lowest BCUT2D eigenvalue weighted by Gasteiger charge is -2.26. The molecule has 0 saturated carbocycles. The molecule has 83 heavy (non-hydrogen) atoms. The monoisotopic (exact) mass is 1170 g/mol. The van der Waals surface area contributed by atoms with Crippen LogP contribution in [0.1, 0.15) is 348 Å². The maximum absolute atomic E-state index is 12.9. The van der Waals surface area contributed by atoms with Crippen LogP contribution in [0.4, 0.5) is 0 Å². The van der Waals surface area contributed by atoms with Gasteiger partial charge in [-0.2, -0.15) is 0 Å². The van der Waals surface area contributed by atoms with Gasteiger partial charge in [0.15, 0.2) is 12.4 Å². The fraction of sp³-hybridized carbons (Fsp3) is 0.851. The van der Waals surface area contributed by atoms with Crippen LogP contribution in [0.3, 0.4) is 0 Å². The highest BCUT2D eigenvalue weighted by atomic mass is 16.7. The van der Waals surface area contributed by atoms with Gasteiger partial charge in [-0.3, -0.25) is 9.59 Å². The Morgan fingerprint density at radius 1 is 0.373 bits per heavy atom. The maximum Gasteiger partial charge on any atom is 0.306 e. The van der Waals surface area contributed by atoms with Crippen molar-refractivity contribution in [1.82, 2.24) is 0 Å². The largest absolute Gasteiger partial charge is 0.545 e. The predicted octanol–water partition coefficient (Wildman–Crippen LogP) is 20.8. The van der Waals surface area contributed by atoms with Crippen molar-refractivity contribution in [3.05, 3.63) is 48.6 Å². The van der Waals surface area contributed by atoms with Crippen molar-refractivity contribution in [2.45, 2.75) is 360 Å². The molecular weight excluding hydrogens is 1030 g/mol. The molecule has 0 radical (unpaired) electrons. The molecule has 0 aromatic heterocycles. The first-order valence-electron chi connectivity index (χ1n) is 35.8. The van der Waals surface area contributed by atoms with E-state index in [1.807, 2.05) is 21.1 Å². The lowest BCUT2D eigenvalue weighted by molar-refractivity contribution is -0.870. The number of carboxylic acid groups (broad SMARTS) is 1. The molecule has 2 atom stereocenters. The van der Waals surface area contributed by atoms with Gasteiger partial charge in [0.2, 0.25) is 0 Å². The number of allylic oxidation sites excluding steroid dienone is 8. The summed E-state index contributed by atoms with van der Waals surface area (Å²) in [5, 5.41) is 11.8. The zero-order valence-electron chi connectivity index (χ0n) is 55.6. The van der Waals surface area contributed by atoms with Crippen LogP contribution in [0, 0.1) is 0 Å². The molecule has 0 aliphatic rings. The van der Waals surface area contributed by atoms with Crippen LogP contribution in [0.15, 0.2) is 48.6 Å². The van der Waals surface area contributed by atoms with E-state index in [1.165, 1.54) is 244 Å². The van der Waals surface area contributed by atoms with E-state index in [1.54, 1.807) is 0 Å². The van der Waals surface area contributed by atoms with E-state index in [2.05, 4.69) is 62.5 Å². The summed E-state index contributed by atoms with van der Waals surface area (Å²) < 4.78 is 22.8. The standard InChI is InChI=1S/C74H137NO8/c1-6-8-10-12-14-16-18-20-22-24-26-28-29-30-31-32-33-34-35-36-37-38-39-40-41-42-43-45-46-48-50-52-54-56-58-60-62-64-71(76)81-68-70(69-82-74(73(78)79)80-67-66-75(3,4)5)83-72(77)65-63-61-59-57-55-53-51-49-47-44-27-25-23-21-19-17-15-13-11-9-7-2/h9,11,15,17,21,23,27,44,70,74H,6-8,10,12-14,16,18-20,22,24-26,28-43,45-69H2,1-5H3/b11-9-,17-15-,23-21-,44-27-. The third-order valence-corrected chi connectivity index (χ3v) is 16.1. The number of hydrogen-bond acceptors (Lipinski definition) is 8. The van der Waals surface area contributed by atoms with E-state index in [-0.39, 0.29) is 32.2 Å². The molecule has 2 unspecified atom stereocenters. The number of carboxylic acids is 1. The molecule has 9 nitrogen and oxygen atoms in total. The molecule has 0 N–H and O–H groups in total. The van der Waals surface area contributed by atoms with Crippen molar-refractivity contribution in [2.75, 3.05) is 47.5 Å². The maximum atomic E-state index is 12.9. The van der Waals surface area contributed by atoms with Gasteiger partial charge in [-0.15, -0.1) is 0 Å². The quantitative estimate of drug-likeness (QED) is 0.0195. The molecule has 486 valence electrons. The summed E-state index contributed by atoms with van der Waals surface area (Å²) in [5.41, 5.74) is 0. The summed E-state index contributed by atoms with van der Waals surface area (Å²) in [5.74, 6) is -2.28. The number of carbonyl (C=O) groups excluding carboxylic acids is 3. The lowest BCUT2D eigenvalue weighted by atomic mass is 10.0. The van der Waals surface area contributed by atoms with Gasteiger partial charge < -0.3 is 33.3 Å². The number of nitrogens with zero attached hydrogens (tertiary/aromatic N) is 1. The number of ether oxygens (including phenoxy) is 4. The molecule has 0 rings (SSSR count). The number of rotatable bonds is 67. The number of carbonyl (C=O) groups is 3. The summed E-state index contributed by atoms with van der Waals surface area (Å²) in [6.45, 7) is 4.68. The van der Waals surface area contributed by atoms with Crippen molar-refractivity contribution in [2.24, 2.45) is 0 Å². The Balaban J connectivity index is 3.98. The van der Waals surface area contributed by atoms with Gasteiger partial charge in [-0.05, 0) is 51.4 Å². The number of unbranched alkanes of at least 4 members (excludes halogenated alkanes) is 44. The average molecular weight is 1170 g/mol. The highest BCUT2D eigenvalue weighted by molar-refractivity contribution is 5.70. The van der Waals surface area contributed by atoms with Crippen LogP contribution >= 0.6 is 0 Å². The Morgan fingerprint density at radius 2 is 0.687 bits per heavy atom. The van der Waals surface area contributed by atoms with Crippen molar-refractivity contribution < 1.29 is 42.9 Å². The van der Waals surface area contributed by atoms with Crippen LogP contribution in [-0.4, -0.2) is 82.3 Å². The van der Waals surface area contributed by atoms with Gasteiger partial charge in [0.1, 0.15) is 13.2 Å². The third-order valence-electron chi connectivity index (χ3n) is 16.1. The summed E-state index contributed by atoms with van der Waals surface area (Å²) in [6, 6.07) is 0. The molecule has 0 aliphatic carbocycles. The van der Waals surface area contributed by atoms with E-state index < -0.39 is 24.3 Å². The van der Waals surface area contributed by atoms with Gasteiger partial charge >= 0.3 is 11.9 Å². The molecule has 0 bridgehead atoms. The molecule has 0 aromatic carbocycles. The second kappa shape index (κ2) is 65.2. The first kappa shape index (κ1) is 80.2. The van der Waals surface area contributed by atoms with E-state index in [9.17, 15) is 19.5 Å². The SMILES string of the molecule is CC/C=C\C/C=C\C/C=C\C/C=C\CCCCCCCCCCC(=O)OC(COC(=O)CCCCCCCCCCCCCCCCCCCCCCCCCCCCCCCCCCCCCCC)COC(OCC[N+](C)(C)C)C(=O)[O-]. The molecule has 0 fully saturated rings. The van der Waals surface area contributed by atoms with Crippen molar-refractivity contribution >= 4 is 17.9 Å². The molecule has 0 aromatic rings. The van der Waals surface area contributed by atoms with Crippen molar-refractivity contribution in [3.63, 3.8) is 0 Å². The number of aliphatic carboxylic acids is 1. The zero-order chi connectivity index (χ0) is 60.5. The normalized spacial score (nSPS) is 12.9. The van der Waals surface area contributed by atoms with Crippen LogP contribution in [-0.2, 0) is 33.3 Å². The molecule has 0 aliphatic heterocycles. The van der Waals surface area contributed by atoms with Crippen molar-refractivity contribution in [1.29, 1.82) is 0 Å². The summed E-state index contributed by atoms with van der Waals surface area (Å²) in [4.78, 5) is 37.4. The Kier molecular flexibility index (Phi) is 63.1. The topological polar surface area (TPSA) is 111 Å². The van der Waals surface area contributed by atoms with Crippen LogP contribution in [0.5, 0.6) is 0 Å². The highest BCUT2D eigenvalue weighted by Crippen LogP contribution is 2.19. The minimum Gasteiger partial charge on any atom is -0.545 e. The van der Waals surface area contributed by atoms with Crippen LogP contribution in [0.25, 0.3) is 0 Å². The zero-order valence-corrected chi connectivity index (χ0v) is 55.6. The van der Waals surface area contributed by atoms with Gasteiger partial charge in [0.05, 0.1) is 40.3 Å². The highest BCUT2D eigenvalue weighted by Gasteiger charge is 2.22. The van der Waals surface area contributed by atoms with Crippen LogP contribution < -0.4 is 5.11 Å². The second-order valence-corrected chi connectivity index (χ2v) is 25.5. The Hall–Kier alpha value is -2.75. The van der Waals surface area contributed by atoms with E-state index in [0.29, 0.717) is 23.9 Å². The summed E-state index contributed by atoms with van der Waals surface area (Å²) in [6.07, 6.45) is 80.8. The number of quaternary nitrogens is 1. The summed E-state index contributed by atoms with van der Waals surface area (Å²) in [7, 11) is 5.93. The Morgan fingerprint density at radius 3 is 1.02 bits per heavy atom. The number of likely N-dealkylation sites (N-methyl/N-ethyl adjacent to an activating group) is 1. The van der Waals surface area contributed by atoms with E-state index in [0.717, 1.165) is 70.6 Å². The fourth-order valence-corrected chi connectivity index (χ4v) is 10.7. The van der Waals surface area contributed by atoms with E-state index in [4.69, 9.17) is 18.9 Å². The van der Waals surface area contributed by atoms with Gasteiger partial charge in [0.25, 0.3) is 0 Å². The first-order chi connectivity index (χ1) is 40.6. The second-order valence-electron chi connectivity index (χ2n) is 25.5. The fourth-order valence-electron chi connectivity index (χ4n) is 10.7. The van der Waals surface area contributed by atoms with E-state index >= 15 is 0 Å². The minimum absolute atomic E-state index is 0.146. The number of hydrogen-bond donors (Lipinski definition) is 0. The smallest absolute Gasteiger partial charge is 0.306 e. The first-order valence-corrected chi connectivity index (χ1v) is 35.8. The van der Waals surface area contributed by atoms with Crippen LogP contribution in [0.2, 0.25) is 0 Å². The molecule has 0 saturated heterocycles. The molecule has 0 spiro atoms. The molecule has 0 heterocycles. The Labute approximate surface area is 514 Å². The average Bonchev–Trinajstić information content (AvgIpc) is 3.46. The Bertz CT molecular complexity index is 1500. The van der Waals surface area contributed by atoms with Gasteiger partial charge in [0, 0.05) is 12.8 Å². The molecule has 0 amide bonds. The minimum atomic E-state index is -1.62. The third kappa shape index (κ3) is 66.6. The number of esters is 2. The van der Waals surface area contributed by atoms with Gasteiger partial charge in [-0.1, -0.05) is 332 Å². The molecular formula is C74H137NO8. The lowest BCUT2D eigenvalue weighted by Crippen LogP contribution is -2.44.